The van der Waals surface area contributed by atoms with Crippen molar-refractivity contribution in [1.82, 2.24) is 5.32 Å². The van der Waals surface area contributed by atoms with E-state index in [1.54, 1.807) is 18.2 Å². The Bertz CT molecular complexity index is 436. The van der Waals surface area contributed by atoms with Crippen molar-refractivity contribution < 1.29 is 9.84 Å². The average Bonchev–Trinajstić information content (AvgIpc) is 2.98. The summed E-state index contributed by atoms with van der Waals surface area (Å²) in [7, 11) is 0. The van der Waals surface area contributed by atoms with Crippen LogP contribution in [0, 0.1) is 5.92 Å². The van der Waals surface area contributed by atoms with Gasteiger partial charge in [0.05, 0.1) is 5.02 Å². The van der Waals surface area contributed by atoms with E-state index in [4.69, 9.17) is 27.9 Å². The zero-order valence-electron chi connectivity index (χ0n) is 12.2. The molecular weight excluding hydrogens is 309 g/mol. The first-order chi connectivity index (χ1) is 10.1. The molecular formula is C16H23Cl2NO2. The van der Waals surface area contributed by atoms with Gasteiger partial charge in [0.1, 0.15) is 18.5 Å². The zero-order valence-corrected chi connectivity index (χ0v) is 13.7. The minimum atomic E-state index is -0.552. The first-order valence-electron chi connectivity index (χ1n) is 7.62. The van der Waals surface area contributed by atoms with Crippen LogP contribution in [0.2, 0.25) is 10.0 Å². The number of nitrogens with one attached hydrogen (secondary N) is 1. The molecule has 1 aliphatic carbocycles. The second kappa shape index (κ2) is 8.84. The van der Waals surface area contributed by atoms with E-state index < -0.39 is 6.10 Å². The highest BCUT2D eigenvalue weighted by Crippen LogP contribution is 2.28. The highest BCUT2D eigenvalue weighted by molar-refractivity contribution is 6.34. The van der Waals surface area contributed by atoms with Gasteiger partial charge in [-0.05, 0) is 31.0 Å². The Balaban J connectivity index is 1.60. The van der Waals surface area contributed by atoms with Gasteiger partial charge in [0.2, 0.25) is 0 Å². The lowest BCUT2D eigenvalue weighted by Gasteiger charge is -2.15. The molecule has 2 N–H and O–H groups in total. The van der Waals surface area contributed by atoms with Gasteiger partial charge in [-0.25, -0.2) is 0 Å². The fourth-order valence-corrected chi connectivity index (χ4v) is 3.04. The maximum atomic E-state index is 9.90. The molecule has 0 bridgehead atoms. The summed E-state index contributed by atoms with van der Waals surface area (Å²) < 4.78 is 5.50. The molecule has 5 heteroatoms. The van der Waals surface area contributed by atoms with Gasteiger partial charge < -0.3 is 15.2 Å². The highest BCUT2D eigenvalue weighted by Gasteiger charge is 2.14. The minimum absolute atomic E-state index is 0.205. The Morgan fingerprint density at radius 1 is 1.29 bits per heavy atom. The van der Waals surface area contributed by atoms with Crippen LogP contribution >= 0.6 is 23.2 Å². The predicted molar refractivity (Wildman–Crippen MR) is 87.4 cm³/mol. The molecule has 0 spiro atoms. The third kappa shape index (κ3) is 6.03. The summed E-state index contributed by atoms with van der Waals surface area (Å²) in [5.41, 5.74) is 0. The Morgan fingerprint density at radius 3 is 2.81 bits per heavy atom. The maximum absolute atomic E-state index is 9.90. The van der Waals surface area contributed by atoms with E-state index >= 15 is 0 Å². The van der Waals surface area contributed by atoms with Crippen LogP contribution in [0.3, 0.4) is 0 Å². The van der Waals surface area contributed by atoms with Gasteiger partial charge in [-0.3, -0.25) is 0 Å². The molecule has 1 atom stereocenters. The number of aliphatic hydroxyl groups excluding tert-OH is 1. The molecule has 118 valence electrons. The third-order valence-electron chi connectivity index (χ3n) is 3.91. The largest absolute Gasteiger partial charge is 0.489 e. The van der Waals surface area contributed by atoms with E-state index in [0.717, 1.165) is 12.5 Å². The van der Waals surface area contributed by atoms with Crippen molar-refractivity contribution in [1.29, 1.82) is 0 Å². The third-order valence-corrected chi connectivity index (χ3v) is 4.46. The number of benzene rings is 1. The molecule has 1 fully saturated rings. The van der Waals surface area contributed by atoms with Gasteiger partial charge in [0.25, 0.3) is 0 Å². The molecule has 1 saturated carbocycles. The Morgan fingerprint density at radius 2 is 2.05 bits per heavy atom. The van der Waals surface area contributed by atoms with Crippen molar-refractivity contribution in [2.75, 3.05) is 19.7 Å². The maximum Gasteiger partial charge on any atom is 0.139 e. The number of ether oxygens (including phenoxy) is 1. The van der Waals surface area contributed by atoms with E-state index in [-0.39, 0.29) is 6.61 Å². The van der Waals surface area contributed by atoms with Gasteiger partial charge in [-0.15, -0.1) is 0 Å². The Kier molecular flexibility index (Phi) is 7.11. The van der Waals surface area contributed by atoms with Gasteiger partial charge in [-0.2, -0.15) is 0 Å². The molecule has 3 nitrogen and oxygen atoms in total. The monoisotopic (exact) mass is 331 g/mol. The standard InChI is InChI=1S/C16H23Cl2NO2/c17-13-5-6-15(18)16(9-13)21-11-14(20)10-19-8-7-12-3-1-2-4-12/h5-6,9,12,14,19-20H,1-4,7-8,10-11H2. The average molecular weight is 332 g/mol. The van der Waals surface area contributed by atoms with Crippen LogP contribution < -0.4 is 10.1 Å². The van der Waals surface area contributed by atoms with E-state index in [1.807, 2.05) is 0 Å². The Hall–Kier alpha value is -0.480. The molecule has 1 aromatic carbocycles. The lowest BCUT2D eigenvalue weighted by molar-refractivity contribution is 0.106. The fourth-order valence-electron chi connectivity index (χ4n) is 2.71. The fraction of sp³-hybridized carbons (Fsp3) is 0.625. The first-order valence-corrected chi connectivity index (χ1v) is 8.37. The van der Waals surface area contributed by atoms with Crippen LogP contribution in [0.5, 0.6) is 5.75 Å². The summed E-state index contributed by atoms with van der Waals surface area (Å²) in [6, 6.07) is 5.05. The van der Waals surface area contributed by atoms with E-state index in [2.05, 4.69) is 5.32 Å². The van der Waals surface area contributed by atoms with E-state index in [0.29, 0.717) is 22.3 Å². The van der Waals surface area contributed by atoms with Crippen molar-refractivity contribution in [2.24, 2.45) is 5.92 Å². The van der Waals surface area contributed by atoms with Crippen molar-refractivity contribution in [3.05, 3.63) is 28.2 Å². The molecule has 0 amide bonds. The van der Waals surface area contributed by atoms with Crippen LogP contribution in [0.15, 0.2) is 18.2 Å². The van der Waals surface area contributed by atoms with Crippen molar-refractivity contribution in [3.8, 4) is 5.75 Å². The topological polar surface area (TPSA) is 41.5 Å². The number of aliphatic hydroxyl groups is 1. The van der Waals surface area contributed by atoms with Crippen molar-refractivity contribution in [3.63, 3.8) is 0 Å². The van der Waals surface area contributed by atoms with E-state index in [1.165, 1.54) is 32.1 Å². The molecule has 0 radical (unpaired) electrons. The quantitative estimate of drug-likeness (QED) is 0.710. The normalized spacial score (nSPS) is 17.1. The minimum Gasteiger partial charge on any atom is -0.489 e. The van der Waals surface area contributed by atoms with Crippen molar-refractivity contribution in [2.45, 2.75) is 38.2 Å². The molecule has 1 aromatic rings. The molecule has 0 aromatic heterocycles. The summed E-state index contributed by atoms with van der Waals surface area (Å²) in [6.45, 7) is 1.70. The highest BCUT2D eigenvalue weighted by atomic mass is 35.5. The van der Waals surface area contributed by atoms with Crippen LogP contribution in [0.25, 0.3) is 0 Å². The second-order valence-electron chi connectivity index (χ2n) is 5.68. The second-order valence-corrected chi connectivity index (χ2v) is 6.53. The zero-order chi connectivity index (χ0) is 15.1. The van der Waals surface area contributed by atoms with Crippen LogP contribution in [-0.4, -0.2) is 30.9 Å². The lowest BCUT2D eigenvalue weighted by Crippen LogP contribution is -2.32. The first kappa shape index (κ1) is 16.9. The van der Waals surface area contributed by atoms with Crippen molar-refractivity contribution >= 4 is 23.2 Å². The van der Waals surface area contributed by atoms with Crippen LogP contribution in [-0.2, 0) is 0 Å². The molecule has 0 aliphatic heterocycles. The van der Waals surface area contributed by atoms with Gasteiger partial charge >= 0.3 is 0 Å². The summed E-state index contributed by atoms with van der Waals surface area (Å²) in [5, 5.41) is 14.3. The predicted octanol–water partition coefficient (Wildman–Crippen LogP) is 3.90. The molecule has 1 unspecified atom stereocenters. The molecule has 0 saturated heterocycles. The van der Waals surface area contributed by atoms with E-state index in [9.17, 15) is 5.11 Å². The van der Waals surface area contributed by atoms with Gasteiger partial charge in [0.15, 0.2) is 0 Å². The number of hydrogen-bond acceptors (Lipinski definition) is 3. The SMILES string of the molecule is OC(CNCCC1CCCC1)COc1cc(Cl)ccc1Cl. The summed E-state index contributed by atoms with van der Waals surface area (Å²) >= 11 is 11.9. The molecule has 1 aliphatic rings. The number of halogens is 2. The van der Waals surface area contributed by atoms with Gasteiger partial charge in [-0.1, -0.05) is 48.9 Å². The number of rotatable bonds is 8. The smallest absolute Gasteiger partial charge is 0.139 e. The van der Waals surface area contributed by atoms with Crippen LogP contribution in [0.1, 0.15) is 32.1 Å². The summed E-state index contributed by atoms with van der Waals surface area (Å²) in [4.78, 5) is 0. The molecule has 0 heterocycles. The Labute approximate surface area is 136 Å². The van der Waals surface area contributed by atoms with Crippen LogP contribution in [0.4, 0.5) is 0 Å². The van der Waals surface area contributed by atoms with Gasteiger partial charge in [0, 0.05) is 17.6 Å². The molecule has 2 rings (SSSR count). The lowest BCUT2D eigenvalue weighted by atomic mass is 10.0. The summed E-state index contributed by atoms with van der Waals surface area (Å²) in [6.07, 6.45) is 6.13. The number of hydrogen-bond donors (Lipinski definition) is 2. The molecule has 21 heavy (non-hydrogen) atoms. The summed E-state index contributed by atoms with van der Waals surface area (Å²) in [5.74, 6) is 1.38.